The first-order valence-corrected chi connectivity index (χ1v) is 8.95. The normalized spacial score (nSPS) is 21.8. The van der Waals surface area contributed by atoms with Gasteiger partial charge in [0.1, 0.15) is 18.2 Å². The predicted molar refractivity (Wildman–Crippen MR) is 90.7 cm³/mol. The van der Waals surface area contributed by atoms with E-state index in [0.29, 0.717) is 12.6 Å². The Bertz CT molecular complexity index is 690. The smallest absolute Gasteiger partial charge is 0.171 e. The minimum absolute atomic E-state index is 0.337. The van der Waals surface area contributed by atoms with Crippen molar-refractivity contribution in [2.24, 2.45) is 0 Å². The van der Waals surface area contributed by atoms with Crippen LogP contribution >= 0.6 is 0 Å². The van der Waals surface area contributed by atoms with Gasteiger partial charge in [0.05, 0.1) is 12.2 Å². The van der Waals surface area contributed by atoms with Crippen molar-refractivity contribution in [2.45, 2.75) is 64.8 Å². The molecule has 2 aromatic rings. The molecule has 0 spiro atoms. The summed E-state index contributed by atoms with van der Waals surface area (Å²) in [6, 6.07) is 4.96. The second-order valence-corrected chi connectivity index (χ2v) is 6.90. The maximum absolute atomic E-state index is 5.83. The molecule has 4 rings (SSSR count). The zero-order valence-electron chi connectivity index (χ0n) is 14.5. The highest BCUT2D eigenvalue weighted by molar-refractivity contribution is 5.19. The van der Waals surface area contributed by atoms with E-state index < -0.39 is 0 Å². The fourth-order valence-corrected chi connectivity index (χ4v) is 3.99. The van der Waals surface area contributed by atoms with Crippen LogP contribution in [0.5, 0.6) is 5.75 Å². The number of rotatable bonds is 4. The van der Waals surface area contributed by atoms with Crippen molar-refractivity contribution >= 4 is 0 Å². The molecule has 0 amide bonds. The second-order valence-electron chi connectivity index (χ2n) is 6.90. The molecule has 24 heavy (non-hydrogen) atoms. The van der Waals surface area contributed by atoms with Gasteiger partial charge in [0.15, 0.2) is 5.82 Å². The maximum Gasteiger partial charge on any atom is 0.171 e. The van der Waals surface area contributed by atoms with Gasteiger partial charge in [-0.1, -0.05) is 12.8 Å². The van der Waals surface area contributed by atoms with Crippen molar-refractivity contribution in [3.8, 4) is 5.75 Å². The molecule has 0 saturated heterocycles. The van der Waals surface area contributed by atoms with E-state index in [4.69, 9.17) is 4.74 Å². The van der Waals surface area contributed by atoms with Gasteiger partial charge in [-0.15, -0.1) is 10.2 Å². The number of ether oxygens (including phenoxy) is 1. The summed E-state index contributed by atoms with van der Waals surface area (Å²) in [5.41, 5.74) is 0.989. The van der Waals surface area contributed by atoms with Gasteiger partial charge in [-0.25, -0.2) is 0 Å². The van der Waals surface area contributed by atoms with E-state index in [1.165, 1.54) is 25.7 Å². The van der Waals surface area contributed by atoms with Gasteiger partial charge in [0.2, 0.25) is 0 Å². The predicted octanol–water partition coefficient (Wildman–Crippen LogP) is 2.88. The minimum Gasteiger partial charge on any atom is -0.484 e. The molecule has 6 nitrogen and oxygen atoms in total. The highest BCUT2D eigenvalue weighted by Crippen LogP contribution is 2.33. The Labute approximate surface area is 142 Å². The van der Waals surface area contributed by atoms with Gasteiger partial charge in [-0.3, -0.25) is 9.88 Å². The number of fused-ring (bicyclic) bond motifs is 1. The molecule has 128 valence electrons. The summed E-state index contributed by atoms with van der Waals surface area (Å²) in [5.74, 6) is 2.76. The molecule has 6 heteroatoms. The van der Waals surface area contributed by atoms with Crippen LogP contribution in [-0.2, 0) is 13.2 Å². The van der Waals surface area contributed by atoms with Crippen LogP contribution in [0.3, 0.4) is 0 Å². The number of aryl methyl sites for hydroxylation is 1. The minimum atomic E-state index is 0.337. The van der Waals surface area contributed by atoms with Crippen LogP contribution in [0.15, 0.2) is 18.3 Å². The van der Waals surface area contributed by atoms with Crippen molar-refractivity contribution in [3.05, 3.63) is 35.7 Å². The van der Waals surface area contributed by atoms with Crippen molar-refractivity contribution in [2.75, 3.05) is 6.54 Å². The average molecular weight is 327 g/mol. The van der Waals surface area contributed by atoms with Crippen LogP contribution in [0.1, 0.15) is 56.0 Å². The quantitative estimate of drug-likeness (QED) is 0.864. The van der Waals surface area contributed by atoms with Crippen LogP contribution in [-0.4, -0.2) is 37.2 Å². The molecule has 1 atom stereocenters. The zero-order chi connectivity index (χ0) is 16.5. The molecule has 1 aliphatic heterocycles. The summed E-state index contributed by atoms with van der Waals surface area (Å²) in [5, 5.41) is 8.84. The zero-order valence-corrected chi connectivity index (χ0v) is 14.5. The number of aromatic nitrogens is 4. The third-order valence-electron chi connectivity index (χ3n) is 5.35. The Morgan fingerprint density at radius 2 is 2.00 bits per heavy atom. The van der Waals surface area contributed by atoms with Gasteiger partial charge in [-0.2, -0.15) is 0 Å². The lowest BCUT2D eigenvalue weighted by atomic mass is 10.1. The second kappa shape index (κ2) is 6.51. The van der Waals surface area contributed by atoms with Gasteiger partial charge in [-0.05, 0) is 38.8 Å². The maximum atomic E-state index is 5.83. The van der Waals surface area contributed by atoms with Crippen molar-refractivity contribution in [3.63, 3.8) is 0 Å². The lowest BCUT2D eigenvalue weighted by Crippen LogP contribution is -2.43. The summed E-state index contributed by atoms with van der Waals surface area (Å²) in [6.45, 7) is 6.69. The summed E-state index contributed by atoms with van der Waals surface area (Å²) in [4.78, 5) is 6.87. The molecule has 1 fully saturated rings. The van der Waals surface area contributed by atoms with Crippen LogP contribution in [0.25, 0.3) is 0 Å². The first-order valence-electron chi connectivity index (χ1n) is 8.95. The Morgan fingerprint density at radius 1 is 1.17 bits per heavy atom. The third-order valence-corrected chi connectivity index (χ3v) is 5.35. The first-order chi connectivity index (χ1) is 11.7. The van der Waals surface area contributed by atoms with E-state index >= 15 is 0 Å². The molecule has 0 N–H and O–H groups in total. The number of hydrogen-bond acceptors (Lipinski definition) is 5. The molecule has 3 heterocycles. The fraction of sp³-hybridized carbons (Fsp3) is 0.611. The van der Waals surface area contributed by atoms with Crippen LogP contribution < -0.4 is 4.74 Å². The molecule has 1 aliphatic carbocycles. The fourth-order valence-electron chi connectivity index (χ4n) is 3.99. The Morgan fingerprint density at radius 3 is 2.75 bits per heavy atom. The Hall–Kier alpha value is -1.95. The van der Waals surface area contributed by atoms with E-state index in [-0.39, 0.29) is 0 Å². The van der Waals surface area contributed by atoms with E-state index in [1.54, 1.807) is 6.20 Å². The van der Waals surface area contributed by atoms with Gasteiger partial charge >= 0.3 is 0 Å². The standard InChI is InChI=1S/C18H25N5O/c1-13-7-8-16(11-19-13)24-12-17-20-21-18-14(2)22(9-10-23(17)18)15-5-3-4-6-15/h7-8,11,14-15H,3-6,9-10,12H2,1-2H3. The van der Waals surface area contributed by atoms with Crippen LogP contribution in [0, 0.1) is 6.92 Å². The third kappa shape index (κ3) is 2.90. The summed E-state index contributed by atoms with van der Waals surface area (Å²) in [7, 11) is 0. The number of pyridine rings is 1. The van der Waals surface area contributed by atoms with Crippen LogP contribution in [0.4, 0.5) is 0 Å². The molecule has 0 aromatic carbocycles. The highest BCUT2D eigenvalue weighted by atomic mass is 16.5. The highest BCUT2D eigenvalue weighted by Gasteiger charge is 2.33. The SMILES string of the molecule is Cc1ccc(OCc2nnc3n2CCN(C2CCCC2)C3C)cn1. The molecule has 2 aromatic heterocycles. The van der Waals surface area contributed by atoms with Gasteiger partial charge in [0, 0.05) is 24.8 Å². The van der Waals surface area contributed by atoms with Crippen molar-refractivity contribution in [1.82, 2.24) is 24.6 Å². The summed E-state index contributed by atoms with van der Waals surface area (Å²) < 4.78 is 8.07. The summed E-state index contributed by atoms with van der Waals surface area (Å²) >= 11 is 0. The first kappa shape index (κ1) is 15.6. The largest absolute Gasteiger partial charge is 0.484 e. The molecule has 2 aliphatic rings. The van der Waals surface area contributed by atoms with Crippen LogP contribution in [0.2, 0.25) is 0 Å². The lowest BCUT2D eigenvalue weighted by Gasteiger charge is -2.37. The number of nitrogens with zero attached hydrogens (tertiary/aromatic N) is 5. The molecular weight excluding hydrogens is 302 g/mol. The average Bonchev–Trinajstić information content (AvgIpc) is 3.25. The molecule has 0 radical (unpaired) electrons. The molecule has 0 bridgehead atoms. The summed E-state index contributed by atoms with van der Waals surface area (Å²) in [6.07, 6.45) is 7.14. The van der Waals surface area contributed by atoms with E-state index in [2.05, 4.69) is 31.6 Å². The Kier molecular flexibility index (Phi) is 4.22. The number of hydrogen-bond donors (Lipinski definition) is 0. The van der Waals surface area contributed by atoms with Crippen molar-refractivity contribution in [1.29, 1.82) is 0 Å². The van der Waals surface area contributed by atoms with Crippen molar-refractivity contribution < 1.29 is 4.74 Å². The van der Waals surface area contributed by atoms with E-state index in [9.17, 15) is 0 Å². The Balaban J connectivity index is 1.46. The topological polar surface area (TPSA) is 56.1 Å². The van der Waals surface area contributed by atoms with Gasteiger partial charge < -0.3 is 9.30 Å². The molecule has 1 saturated carbocycles. The lowest BCUT2D eigenvalue weighted by molar-refractivity contribution is 0.108. The van der Waals surface area contributed by atoms with Gasteiger partial charge in [0.25, 0.3) is 0 Å². The van der Waals surface area contributed by atoms with E-state index in [1.807, 2.05) is 19.1 Å². The van der Waals surface area contributed by atoms with E-state index in [0.717, 1.165) is 42.2 Å². The molecular formula is C18H25N5O. The monoisotopic (exact) mass is 327 g/mol. The molecule has 1 unspecified atom stereocenters.